The van der Waals surface area contributed by atoms with E-state index >= 15 is 0 Å². The number of rotatable bonds is 44. The molecular weight excluding hydrogens is 897 g/mol. The molecule has 20 nitrogen and oxygen atoms in total. The summed E-state index contributed by atoms with van der Waals surface area (Å²) in [6, 6.07) is 0. The third kappa shape index (κ3) is 32.5. The van der Waals surface area contributed by atoms with Crippen molar-refractivity contribution >= 4 is 59.2 Å². The van der Waals surface area contributed by atoms with Gasteiger partial charge in [0.15, 0.2) is 0 Å². The van der Waals surface area contributed by atoms with Gasteiger partial charge >= 0.3 is 11.9 Å². The second kappa shape index (κ2) is 39.8. The van der Waals surface area contributed by atoms with E-state index in [-0.39, 0.29) is 62.2 Å². The Bertz CT molecular complexity index is 1430. The average molecular weight is 979 g/mol. The minimum atomic E-state index is -0.572. The van der Waals surface area contributed by atoms with Crippen LogP contribution in [0.1, 0.15) is 199 Å². The predicted octanol–water partition coefficient (Wildman–Crippen LogP) is 5.23. The topological polar surface area (TPSA) is 262 Å². The molecule has 0 aliphatic carbocycles. The van der Waals surface area contributed by atoms with Gasteiger partial charge < -0.3 is 40.4 Å². The van der Waals surface area contributed by atoms with Crippen molar-refractivity contribution in [3.8, 4) is 0 Å². The Morgan fingerprint density at radius 1 is 0.319 bits per heavy atom. The molecule has 0 aromatic carbocycles. The monoisotopic (exact) mass is 979 g/mol. The van der Waals surface area contributed by atoms with E-state index in [0.29, 0.717) is 108 Å². The largest absolute Gasteiger partial charge is 0.381 e. The fourth-order valence-corrected chi connectivity index (χ4v) is 7.40. The number of hydroxylamine groups is 4. The molecule has 4 N–H and O–H groups in total. The molecule has 2 saturated heterocycles. The van der Waals surface area contributed by atoms with Gasteiger partial charge in [0.05, 0.1) is 13.2 Å². The van der Waals surface area contributed by atoms with E-state index in [2.05, 4.69) is 21.3 Å². The average Bonchev–Trinajstić information content (AvgIpc) is 3.81. The Kier molecular flexibility index (Phi) is 34.7. The molecule has 8 amide bonds. The molecule has 0 aromatic heterocycles. The second-order valence-electron chi connectivity index (χ2n) is 17.6. The lowest BCUT2D eigenvalue weighted by atomic mass is 10.1. The standard InChI is InChI=1S/C49H82N6O14/c56-40(50-32-17-11-3-7-15-24-48(64)68-54-44(60)26-27-45(54)61)22-13-5-1-9-19-34-52-42(58)30-38-66-36-21-37-67-39-31-43(59)53-35-20-10-2-6-14-23-41(57)51-33-18-12-4-8-16-25-49(65)69-55-46(62)28-29-47(55)63/h1-39H2,(H,50,56)(H,51,57)(H,52,58)(H,53,59). The number of hydrogen-bond acceptors (Lipinski definition) is 14. The molecule has 0 aromatic rings. The maximum Gasteiger partial charge on any atom is 0.333 e. The first-order valence-electron chi connectivity index (χ1n) is 25.8. The lowest BCUT2D eigenvalue weighted by molar-refractivity contribution is -0.197. The number of unbranched alkanes of at least 4 members (excludes halogenated alkanes) is 16. The summed E-state index contributed by atoms with van der Waals surface area (Å²) in [4.78, 5) is 128. The number of amides is 8. The van der Waals surface area contributed by atoms with Gasteiger partial charge in [0, 0.05) is 104 Å². The van der Waals surface area contributed by atoms with Gasteiger partial charge in [0.25, 0.3) is 23.6 Å². The van der Waals surface area contributed by atoms with Crippen LogP contribution in [-0.2, 0) is 67.1 Å². The summed E-state index contributed by atoms with van der Waals surface area (Å²) in [5.74, 6) is -3.03. The van der Waals surface area contributed by atoms with Gasteiger partial charge in [-0.25, -0.2) is 9.59 Å². The van der Waals surface area contributed by atoms with E-state index in [1.807, 2.05) is 0 Å². The fraction of sp³-hybridized carbons (Fsp3) is 0.796. The summed E-state index contributed by atoms with van der Waals surface area (Å²) < 4.78 is 11.1. The van der Waals surface area contributed by atoms with Crippen LogP contribution < -0.4 is 21.3 Å². The van der Waals surface area contributed by atoms with Crippen molar-refractivity contribution in [2.24, 2.45) is 0 Å². The van der Waals surface area contributed by atoms with E-state index < -0.39 is 35.6 Å². The molecule has 0 spiro atoms. The van der Waals surface area contributed by atoms with Crippen LogP contribution in [0.15, 0.2) is 0 Å². The van der Waals surface area contributed by atoms with Gasteiger partial charge in [-0.1, -0.05) is 77.0 Å². The van der Waals surface area contributed by atoms with E-state index in [1.165, 1.54) is 0 Å². The van der Waals surface area contributed by atoms with E-state index in [0.717, 1.165) is 116 Å². The number of nitrogens with one attached hydrogen (secondary N) is 4. The van der Waals surface area contributed by atoms with Gasteiger partial charge in [0.1, 0.15) is 0 Å². The van der Waals surface area contributed by atoms with Crippen LogP contribution in [0.25, 0.3) is 0 Å². The fourth-order valence-electron chi connectivity index (χ4n) is 7.40. The van der Waals surface area contributed by atoms with Gasteiger partial charge in [-0.15, -0.1) is 10.1 Å². The normalized spacial score (nSPS) is 13.5. The number of ether oxygens (including phenoxy) is 2. The van der Waals surface area contributed by atoms with Crippen molar-refractivity contribution in [1.82, 2.24) is 31.4 Å². The Balaban J connectivity index is 1.22. The van der Waals surface area contributed by atoms with Crippen LogP contribution in [0, 0.1) is 0 Å². The van der Waals surface area contributed by atoms with Crippen LogP contribution in [0.2, 0.25) is 0 Å². The molecular formula is C49H82N6O14. The quantitative estimate of drug-likeness (QED) is 0.0450. The van der Waals surface area contributed by atoms with Crippen molar-refractivity contribution in [2.45, 2.75) is 199 Å². The van der Waals surface area contributed by atoms with E-state index in [9.17, 15) is 47.9 Å². The Morgan fingerprint density at radius 2 is 0.580 bits per heavy atom. The molecule has 392 valence electrons. The van der Waals surface area contributed by atoms with Gasteiger partial charge in [-0.3, -0.25) is 38.4 Å². The van der Waals surface area contributed by atoms with Crippen LogP contribution >= 0.6 is 0 Å². The van der Waals surface area contributed by atoms with Crippen LogP contribution in [-0.4, -0.2) is 122 Å². The van der Waals surface area contributed by atoms with Crippen molar-refractivity contribution in [3.05, 3.63) is 0 Å². The number of imide groups is 2. The summed E-state index contributed by atoms with van der Waals surface area (Å²) in [6.07, 6.45) is 20.5. The third-order valence-electron chi connectivity index (χ3n) is 11.5. The van der Waals surface area contributed by atoms with Crippen LogP contribution in [0.3, 0.4) is 0 Å². The zero-order valence-corrected chi connectivity index (χ0v) is 41.2. The zero-order chi connectivity index (χ0) is 50.2. The highest BCUT2D eigenvalue weighted by Crippen LogP contribution is 2.16. The lowest BCUT2D eigenvalue weighted by Gasteiger charge is -2.12. The number of carbonyl (C=O) groups is 10. The number of carbonyl (C=O) groups excluding carboxylic acids is 10. The smallest absolute Gasteiger partial charge is 0.333 e. The predicted molar refractivity (Wildman–Crippen MR) is 253 cm³/mol. The first-order valence-corrected chi connectivity index (χ1v) is 25.8. The molecule has 0 bridgehead atoms. The highest BCUT2D eigenvalue weighted by atomic mass is 16.7. The molecule has 2 aliphatic heterocycles. The molecule has 0 unspecified atom stereocenters. The van der Waals surface area contributed by atoms with Gasteiger partial charge in [-0.2, -0.15) is 0 Å². The van der Waals surface area contributed by atoms with E-state index in [4.69, 9.17) is 19.1 Å². The first kappa shape index (κ1) is 60.1. The molecule has 2 rings (SSSR count). The maximum absolute atomic E-state index is 12.1. The SMILES string of the molecule is O=C(CCCCCCCNC(=O)CCOCCCOCCC(=O)NCCCCCCCC(=O)NCCCCCCCC(=O)ON1C(=O)CCC1=O)NCCCCCCCC(=O)ON1C(=O)CCC1=O. The summed E-state index contributed by atoms with van der Waals surface area (Å²) in [7, 11) is 0. The Morgan fingerprint density at radius 3 is 0.899 bits per heavy atom. The van der Waals surface area contributed by atoms with Gasteiger partial charge in [0.2, 0.25) is 23.6 Å². The summed E-state index contributed by atoms with van der Waals surface area (Å²) >= 11 is 0. The highest BCUT2D eigenvalue weighted by Gasteiger charge is 2.33. The molecule has 2 fully saturated rings. The Labute approximate surface area is 408 Å². The van der Waals surface area contributed by atoms with Crippen molar-refractivity contribution in [1.29, 1.82) is 0 Å². The minimum absolute atomic E-state index is 0.0429. The van der Waals surface area contributed by atoms with Gasteiger partial charge in [-0.05, 0) is 57.8 Å². The number of hydrogen-bond donors (Lipinski definition) is 4. The Hall–Kier alpha value is -4.98. The second-order valence-corrected chi connectivity index (χ2v) is 17.6. The summed E-state index contributed by atoms with van der Waals surface area (Å²) in [6.45, 7) is 4.10. The maximum atomic E-state index is 12.1. The van der Waals surface area contributed by atoms with Crippen LogP contribution in [0.5, 0.6) is 0 Å². The molecule has 0 saturated carbocycles. The third-order valence-corrected chi connectivity index (χ3v) is 11.5. The van der Waals surface area contributed by atoms with Crippen LogP contribution in [0.4, 0.5) is 0 Å². The molecule has 0 atom stereocenters. The van der Waals surface area contributed by atoms with Crippen molar-refractivity contribution in [3.63, 3.8) is 0 Å². The molecule has 69 heavy (non-hydrogen) atoms. The van der Waals surface area contributed by atoms with Crippen molar-refractivity contribution in [2.75, 3.05) is 52.6 Å². The molecule has 2 aliphatic rings. The van der Waals surface area contributed by atoms with Crippen molar-refractivity contribution < 1.29 is 67.1 Å². The highest BCUT2D eigenvalue weighted by molar-refractivity contribution is 6.02. The summed E-state index contributed by atoms with van der Waals surface area (Å²) in [5.41, 5.74) is 0. The van der Waals surface area contributed by atoms with E-state index in [1.54, 1.807) is 0 Å². The molecule has 0 radical (unpaired) electrons. The first-order chi connectivity index (χ1) is 33.5. The number of nitrogens with zero attached hydrogens (tertiary/aromatic N) is 2. The zero-order valence-electron chi connectivity index (χ0n) is 41.2. The lowest BCUT2D eigenvalue weighted by Crippen LogP contribution is -2.31. The molecule has 2 heterocycles. The summed E-state index contributed by atoms with van der Waals surface area (Å²) in [5, 5.41) is 12.9. The minimum Gasteiger partial charge on any atom is -0.381 e. The molecule has 20 heteroatoms.